The second-order valence-corrected chi connectivity index (χ2v) is 4.20. The van der Waals surface area contributed by atoms with Gasteiger partial charge in [0.05, 0.1) is 11.0 Å². The summed E-state index contributed by atoms with van der Waals surface area (Å²) in [4.78, 5) is 13.6. The molecule has 0 spiro atoms. The summed E-state index contributed by atoms with van der Waals surface area (Å²) in [5.41, 5.74) is 5.46. The van der Waals surface area contributed by atoms with Crippen molar-refractivity contribution in [3.63, 3.8) is 0 Å². The van der Waals surface area contributed by atoms with Gasteiger partial charge in [0.2, 0.25) is 5.91 Å². The zero-order valence-electron chi connectivity index (χ0n) is 8.12. The van der Waals surface area contributed by atoms with Crippen molar-refractivity contribution < 1.29 is 4.79 Å². The highest BCUT2D eigenvalue weighted by Crippen LogP contribution is 2.32. The van der Waals surface area contributed by atoms with Gasteiger partial charge in [-0.1, -0.05) is 12.2 Å². The highest BCUT2D eigenvalue weighted by molar-refractivity contribution is 7.80. The molecule has 1 aliphatic carbocycles. The first-order valence-corrected chi connectivity index (χ1v) is 4.98. The first-order valence-electron chi connectivity index (χ1n) is 4.57. The molecule has 0 aromatic heterocycles. The van der Waals surface area contributed by atoms with Crippen LogP contribution in [0, 0.1) is 5.92 Å². The van der Waals surface area contributed by atoms with Gasteiger partial charge in [-0.05, 0) is 25.7 Å². The lowest BCUT2D eigenvalue weighted by atomic mass is 10.2. The lowest BCUT2D eigenvalue weighted by molar-refractivity contribution is -0.130. The van der Waals surface area contributed by atoms with Crippen molar-refractivity contribution in [2.45, 2.75) is 32.2 Å². The average molecular weight is 200 g/mol. The summed E-state index contributed by atoms with van der Waals surface area (Å²) in [5.74, 6) is 0.774. The summed E-state index contributed by atoms with van der Waals surface area (Å²) in [5, 5.41) is 0. The van der Waals surface area contributed by atoms with Crippen LogP contribution in [0.4, 0.5) is 0 Å². The summed E-state index contributed by atoms with van der Waals surface area (Å²) in [6, 6.07) is -0.124. The van der Waals surface area contributed by atoms with Gasteiger partial charge in [-0.25, -0.2) is 0 Å². The zero-order valence-corrected chi connectivity index (χ0v) is 8.93. The predicted octanol–water partition coefficient (Wildman–Crippen LogP) is 0.919. The number of hydrogen-bond acceptors (Lipinski definition) is 2. The number of thiocarbonyl (C=S) groups is 1. The van der Waals surface area contributed by atoms with Gasteiger partial charge < -0.3 is 10.6 Å². The van der Waals surface area contributed by atoms with Gasteiger partial charge in [0.25, 0.3) is 0 Å². The van der Waals surface area contributed by atoms with Gasteiger partial charge in [0.15, 0.2) is 0 Å². The molecule has 0 aromatic rings. The van der Waals surface area contributed by atoms with Gasteiger partial charge in [-0.3, -0.25) is 4.79 Å². The fourth-order valence-electron chi connectivity index (χ4n) is 1.12. The van der Waals surface area contributed by atoms with Gasteiger partial charge in [0, 0.05) is 13.5 Å². The second-order valence-electron chi connectivity index (χ2n) is 3.73. The number of carbonyl (C=O) groups is 1. The van der Waals surface area contributed by atoms with E-state index < -0.39 is 0 Å². The maximum absolute atomic E-state index is 11.6. The van der Waals surface area contributed by atoms with Crippen molar-refractivity contribution in [1.82, 2.24) is 4.90 Å². The van der Waals surface area contributed by atoms with Crippen LogP contribution in [0.15, 0.2) is 0 Å². The molecule has 1 aliphatic rings. The molecule has 13 heavy (non-hydrogen) atoms. The predicted molar refractivity (Wildman–Crippen MR) is 56.4 cm³/mol. The van der Waals surface area contributed by atoms with Crippen molar-refractivity contribution in [3.05, 3.63) is 0 Å². The maximum Gasteiger partial charge on any atom is 0.223 e. The Morgan fingerprint density at radius 2 is 2.23 bits per heavy atom. The fraction of sp³-hybridized carbons (Fsp3) is 0.778. The molecule has 1 amide bonds. The monoisotopic (exact) mass is 200 g/mol. The highest BCUT2D eigenvalue weighted by Gasteiger charge is 2.27. The summed E-state index contributed by atoms with van der Waals surface area (Å²) < 4.78 is 0. The molecule has 4 heteroatoms. The Labute approximate surface area is 84.3 Å². The number of rotatable bonds is 4. The number of nitrogens with zero attached hydrogens (tertiary/aromatic N) is 1. The highest BCUT2D eigenvalue weighted by atomic mass is 32.1. The lowest BCUT2D eigenvalue weighted by Gasteiger charge is -2.23. The van der Waals surface area contributed by atoms with E-state index in [-0.39, 0.29) is 11.9 Å². The first kappa shape index (κ1) is 10.4. The first-order chi connectivity index (χ1) is 6.02. The van der Waals surface area contributed by atoms with Crippen LogP contribution < -0.4 is 5.73 Å². The average Bonchev–Trinajstić information content (AvgIpc) is 2.85. The van der Waals surface area contributed by atoms with E-state index in [1.54, 1.807) is 11.9 Å². The van der Waals surface area contributed by atoms with Crippen molar-refractivity contribution >= 4 is 23.1 Å². The molecule has 0 aliphatic heterocycles. The molecule has 0 aromatic carbocycles. The van der Waals surface area contributed by atoms with Crippen LogP contribution in [0.3, 0.4) is 0 Å². The smallest absolute Gasteiger partial charge is 0.223 e. The maximum atomic E-state index is 11.6. The summed E-state index contributed by atoms with van der Waals surface area (Å²) in [6.45, 7) is 1.85. The Hall–Kier alpha value is -0.640. The third-order valence-corrected chi connectivity index (χ3v) is 2.89. The van der Waals surface area contributed by atoms with Crippen molar-refractivity contribution in [3.8, 4) is 0 Å². The fourth-order valence-corrected chi connectivity index (χ4v) is 1.28. The van der Waals surface area contributed by atoms with E-state index in [4.69, 9.17) is 18.0 Å². The van der Waals surface area contributed by atoms with E-state index in [1.807, 2.05) is 6.92 Å². The van der Waals surface area contributed by atoms with E-state index in [0.29, 0.717) is 17.3 Å². The normalized spacial score (nSPS) is 18.0. The summed E-state index contributed by atoms with van der Waals surface area (Å²) in [7, 11) is 1.76. The molecular formula is C9H16N2OS. The van der Waals surface area contributed by atoms with E-state index in [9.17, 15) is 4.79 Å². The largest absolute Gasteiger partial charge is 0.392 e. The molecule has 0 radical (unpaired) electrons. The molecule has 1 fully saturated rings. The Morgan fingerprint density at radius 1 is 1.69 bits per heavy atom. The number of amides is 1. The molecule has 74 valence electrons. The minimum atomic E-state index is -0.124. The van der Waals surface area contributed by atoms with Crippen LogP contribution in [0.25, 0.3) is 0 Å². The summed E-state index contributed by atoms with van der Waals surface area (Å²) in [6.07, 6.45) is 3.05. The van der Waals surface area contributed by atoms with Gasteiger partial charge in [0.1, 0.15) is 0 Å². The Kier molecular flexibility index (Phi) is 3.25. The third kappa shape index (κ3) is 2.95. The molecule has 3 nitrogen and oxygen atoms in total. The van der Waals surface area contributed by atoms with E-state index in [1.165, 1.54) is 12.8 Å². The van der Waals surface area contributed by atoms with E-state index in [0.717, 1.165) is 0 Å². The van der Waals surface area contributed by atoms with Crippen molar-refractivity contribution in [2.75, 3.05) is 7.05 Å². The van der Waals surface area contributed by atoms with Crippen LogP contribution >= 0.6 is 12.2 Å². The van der Waals surface area contributed by atoms with Crippen LogP contribution in [0.5, 0.6) is 0 Å². The lowest BCUT2D eigenvalue weighted by Crippen LogP contribution is -2.42. The van der Waals surface area contributed by atoms with Crippen LogP contribution in [-0.4, -0.2) is 28.9 Å². The number of hydrogen-bond donors (Lipinski definition) is 1. The molecule has 1 saturated carbocycles. The SMILES string of the molecule is CC(C(N)=S)N(C)C(=O)CC1CC1. The van der Waals surface area contributed by atoms with Gasteiger partial charge in [-0.15, -0.1) is 0 Å². The van der Waals surface area contributed by atoms with E-state index in [2.05, 4.69) is 0 Å². The molecule has 1 rings (SSSR count). The Balaban J connectivity index is 2.39. The Morgan fingerprint density at radius 3 is 2.62 bits per heavy atom. The number of carbonyl (C=O) groups excluding carboxylic acids is 1. The molecule has 1 unspecified atom stereocenters. The summed E-state index contributed by atoms with van der Waals surface area (Å²) >= 11 is 4.83. The molecule has 1 atom stereocenters. The zero-order chi connectivity index (χ0) is 10.0. The number of nitrogens with two attached hydrogens (primary N) is 1. The van der Waals surface area contributed by atoms with Crippen LogP contribution in [0.2, 0.25) is 0 Å². The van der Waals surface area contributed by atoms with Crippen molar-refractivity contribution in [2.24, 2.45) is 11.7 Å². The Bertz CT molecular complexity index is 226. The minimum Gasteiger partial charge on any atom is -0.392 e. The number of likely N-dealkylation sites (N-methyl/N-ethyl adjacent to an activating group) is 1. The minimum absolute atomic E-state index is 0.124. The quantitative estimate of drug-likeness (QED) is 0.686. The van der Waals surface area contributed by atoms with E-state index >= 15 is 0 Å². The van der Waals surface area contributed by atoms with Crippen molar-refractivity contribution in [1.29, 1.82) is 0 Å². The van der Waals surface area contributed by atoms with Gasteiger partial charge in [-0.2, -0.15) is 0 Å². The van der Waals surface area contributed by atoms with Crippen LogP contribution in [-0.2, 0) is 4.79 Å². The van der Waals surface area contributed by atoms with Gasteiger partial charge >= 0.3 is 0 Å². The molecule has 0 bridgehead atoms. The molecular weight excluding hydrogens is 184 g/mol. The molecule has 0 heterocycles. The van der Waals surface area contributed by atoms with Crippen LogP contribution in [0.1, 0.15) is 26.2 Å². The third-order valence-electron chi connectivity index (χ3n) is 2.55. The molecule has 0 saturated heterocycles. The topological polar surface area (TPSA) is 46.3 Å². The molecule has 2 N–H and O–H groups in total. The second kappa shape index (κ2) is 4.05. The standard InChI is InChI=1S/C9H16N2OS/c1-6(9(10)13)11(2)8(12)5-7-3-4-7/h6-7H,3-5H2,1-2H3,(H2,10,13).